The van der Waals surface area contributed by atoms with Gasteiger partial charge in [-0.3, -0.25) is 14.5 Å². The number of methoxy groups -OCH3 is 1. The minimum atomic E-state index is -0.831. The molecule has 0 unspecified atom stereocenters. The SMILES string of the molecule is C=CC(=O)Nc1cc(Nc2cc(N3OCC[C@@H]3c3ccc(F)c(Cl)c3F)ncn2)c(OC)cc1N1CCC(N2CCN(CC)CC2)CC1. The lowest BCUT2D eigenvalue weighted by atomic mass is 10.0. The zero-order valence-corrected chi connectivity index (χ0v) is 28.0. The minimum absolute atomic E-state index is 0.204. The molecule has 48 heavy (non-hydrogen) atoms. The number of piperazine rings is 1. The van der Waals surface area contributed by atoms with Crippen LogP contribution in [-0.2, 0) is 9.63 Å². The fourth-order valence-corrected chi connectivity index (χ4v) is 6.92. The van der Waals surface area contributed by atoms with E-state index in [1.807, 2.05) is 12.1 Å². The quantitative estimate of drug-likeness (QED) is 0.203. The van der Waals surface area contributed by atoms with E-state index in [0.717, 1.165) is 70.4 Å². The van der Waals surface area contributed by atoms with Crippen molar-refractivity contribution in [3.63, 3.8) is 0 Å². The molecule has 14 heteroatoms. The van der Waals surface area contributed by atoms with Crippen LogP contribution in [0.25, 0.3) is 0 Å². The smallest absolute Gasteiger partial charge is 0.247 e. The van der Waals surface area contributed by atoms with E-state index < -0.39 is 22.7 Å². The molecule has 0 saturated carbocycles. The zero-order valence-electron chi connectivity index (χ0n) is 27.2. The normalized spacial score (nSPS) is 19.4. The molecule has 6 rings (SSSR count). The van der Waals surface area contributed by atoms with Gasteiger partial charge in [0.2, 0.25) is 5.91 Å². The third-order valence-corrected chi connectivity index (χ3v) is 9.75. The lowest BCUT2D eigenvalue weighted by Gasteiger charge is -2.43. The van der Waals surface area contributed by atoms with Gasteiger partial charge >= 0.3 is 0 Å². The van der Waals surface area contributed by atoms with Crippen LogP contribution in [0.4, 0.5) is 37.5 Å². The highest BCUT2D eigenvalue weighted by Gasteiger charge is 2.33. The first-order chi connectivity index (χ1) is 23.3. The van der Waals surface area contributed by atoms with Crippen molar-refractivity contribution in [2.24, 2.45) is 0 Å². The Morgan fingerprint density at radius 1 is 1.08 bits per heavy atom. The van der Waals surface area contributed by atoms with Gasteiger partial charge in [-0.2, -0.15) is 0 Å². The van der Waals surface area contributed by atoms with Crippen LogP contribution in [0.15, 0.2) is 49.3 Å². The van der Waals surface area contributed by atoms with Crippen molar-refractivity contribution < 1.29 is 23.1 Å². The summed E-state index contributed by atoms with van der Waals surface area (Å²) >= 11 is 5.87. The molecule has 3 fully saturated rings. The number of nitrogens with zero attached hydrogens (tertiary/aromatic N) is 6. The number of benzene rings is 2. The van der Waals surface area contributed by atoms with Crippen LogP contribution in [0, 0.1) is 11.6 Å². The molecular formula is C34H41ClF2N8O3. The summed E-state index contributed by atoms with van der Waals surface area (Å²) in [6, 6.07) is 7.86. The summed E-state index contributed by atoms with van der Waals surface area (Å²) in [7, 11) is 1.59. The Labute approximate surface area is 284 Å². The highest BCUT2D eigenvalue weighted by molar-refractivity contribution is 6.31. The molecule has 3 saturated heterocycles. The van der Waals surface area contributed by atoms with Gasteiger partial charge in [0.1, 0.15) is 34.6 Å². The number of hydroxylamine groups is 1. The van der Waals surface area contributed by atoms with Gasteiger partial charge in [-0.05, 0) is 37.6 Å². The monoisotopic (exact) mass is 682 g/mol. The third kappa shape index (κ3) is 7.19. The van der Waals surface area contributed by atoms with Crippen molar-refractivity contribution in [3.05, 3.63) is 71.5 Å². The molecular weight excluding hydrogens is 642 g/mol. The first-order valence-corrected chi connectivity index (χ1v) is 16.7. The number of rotatable bonds is 10. The number of piperidine rings is 1. The number of carbonyl (C=O) groups is 1. The van der Waals surface area contributed by atoms with E-state index >= 15 is 0 Å². The number of hydrogen-bond acceptors (Lipinski definition) is 10. The van der Waals surface area contributed by atoms with Crippen molar-refractivity contribution in [1.29, 1.82) is 0 Å². The average molecular weight is 683 g/mol. The molecule has 256 valence electrons. The molecule has 11 nitrogen and oxygen atoms in total. The number of anilines is 5. The molecule has 0 bridgehead atoms. The maximum atomic E-state index is 14.9. The Balaban J connectivity index is 1.22. The number of carbonyl (C=O) groups excluding carboxylic acids is 1. The number of halogens is 3. The van der Waals surface area contributed by atoms with Gasteiger partial charge < -0.3 is 25.2 Å². The van der Waals surface area contributed by atoms with E-state index in [1.165, 1.54) is 23.5 Å². The number of aromatic nitrogens is 2. The van der Waals surface area contributed by atoms with Crippen molar-refractivity contribution in [3.8, 4) is 5.75 Å². The largest absolute Gasteiger partial charge is 0.494 e. The second kappa shape index (κ2) is 15.0. The van der Waals surface area contributed by atoms with E-state index in [9.17, 15) is 13.6 Å². The summed E-state index contributed by atoms with van der Waals surface area (Å²) in [4.78, 5) is 34.5. The van der Waals surface area contributed by atoms with Crippen LogP contribution in [-0.4, -0.2) is 91.2 Å². The van der Waals surface area contributed by atoms with Crippen molar-refractivity contribution in [1.82, 2.24) is 19.8 Å². The van der Waals surface area contributed by atoms with Gasteiger partial charge in [-0.1, -0.05) is 31.2 Å². The summed E-state index contributed by atoms with van der Waals surface area (Å²) in [6.45, 7) is 13.4. The van der Waals surface area contributed by atoms with Crippen LogP contribution in [0.2, 0.25) is 5.02 Å². The average Bonchev–Trinajstić information content (AvgIpc) is 3.61. The molecule has 3 aliphatic rings. The highest BCUT2D eigenvalue weighted by atomic mass is 35.5. The van der Waals surface area contributed by atoms with Gasteiger partial charge in [0.25, 0.3) is 0 Å². The first-order valence-electron chi connectivity index (χ1n) is 16.3. The summed E-state index contributed by atoms with van der Waals surface area (Å²) in [6.07, 6.45) is 5.10. The highest BCUT2D eigenvalue weighted by Crippen LogP contribution is 2.41. The second-order valence-corrected chi connectivity index (χ2v) is 12.4. The molecule has 3 aliphatic heterocycles. The van der Waals surface area contributed by atoms with Crippen molar-refractivity contribution in [2.75, 3.05) is 80.1 Å². The Bertz CT molecular complexity index is 1630. The molecule has 1 amide bonds. The number of ether oxygens (including phenoxy) is 1. The first kappa shape index (κ1) is 33.8. The summed E-state index contributed by atoms with van der Waals surface area (Å²) in [5.41, 5.74) is 2.23. The topological polar surface area (TPSA) is 98.3 Å². The van der Waals surface area contributed by atoms with Crippen molar-refractivity contribution in [2.45, 2.75) is 38.3 Å². The van der Waals surface area contributed by atoms with Gasteiger partial charge in [-0.25, -0.2) is 23.8 Å². The molecule has 1 aromatic heterocycles. The Morgan fingerprint density at radius 2 is 1.85 bits per heavy atom. The molecule has 0 radical (unpaired) electrons. The summed E-state index contributed by atoms with van der Waals surface area (Å²) < 4.78 is 34.6. The molecule has 4 heterocycles. The van der Waals surface area contributed by atoms with Gasteiger partial charge in [-0.15, -0.1) is 0 Å². The summed E-state index contributed by atoms with van der Waals surface area (Å²) in [5.74, 6) is -0.662. The predicted molar refractivity (Wildman–Crippen MR) is 183 cm³/mol. The minimum Gasteiger partial charge on any atom is -0.494 e. The zero-order chi connectivity index (χ0) is 33.8. The van der Waals surface area contributed by atoms with Crippen LogP contribution in [0.3, 0.4) is 0 Å². The molecule has 3 aromatic rings. The van der Waals surface area contributed by atoms with E-state index in [1.54, 1.807) is 13.2 Å². The maximum Gasteiger partial charge on any atom is 0.247 e. The lowest BCUT2D eigenvalue weighted by molar-refractivity contribution is -0.111. The van der Waals surface area contributed by atoms with Crippen LogP contribution < -0.4 is 25.3 Å². The van der Waals surface area contributed by atoms with E-state index in [4.69, 9.17) is 21.2 Å². The fourth-order valence-electron chi connectivity index (χ4n) is 6.75. The maximum absolute atomic E-state index is 14.9. The molecule has 0 spiro atoms. The van der Waals surface area contributed by atoms with E-state index in [-0.39, 0.29) is 11.5 Å². The lowest BCUT2D eigenvalue weighted by Crippen LogP contribution is -2.53. The molecule has 0 aliphatic carbocycles. The second-order valence-electron chi connectivity index (χ2n) is 12.1. The number of amides is 1. The van der Waals surface area contributed by atoms with Gasteiger partial charge in [0.05, 0.1) is 36.8 Å². The van der Waals surface area contributed by atoms with Gasteiger partial charge in [0.15, 0.2) is 5.82 Å². The Hall–Kier alpha value is -4.04. The van der Waals surface area contributed by atoms with E-state index in [2.05, 4.69) is 48.8 Å². The fraction of sp³-hybridized carbons (Fsp3) is 0.441. The number of hydrogen-bond donors (Lipinski definition) is 2. The summed E-state index contributed by atoms with van der Waals surface area (Å²) in [5, 5.41) is 7.17. The number of likely N-dealkylation sites (N-methyl/N-ethyl adjacent to an activating group) is 1. The molecule has 2 N–H and O–H groups in total. The molecule has 2 aromatic carbocycles. The predicted octanol–water partition coefficient (Wildman–Crippen LogP) is 5.77. The van der Waals surface area contributed by atoms with Crippen LogP contribution >= 0.6 is 11.6 Å². The van der Waals surface area contributed by atoms with E-state index in [0.29, 0.717) is 47.8 Å². The molecule has 1 atom stereocenters. The standard InChI is InChI=1S/C34H41ClF2N8O3/c1-4-32(46)41-25-18-26(29(47-3)19-28(25)44-11-8-22(9-12-44)43-15-13-42(5-2)14-16-43)40-30-20-31(39-21-38-30)45-27(10-17-48-45)23-6-7-24(36)33(35)34(23)37/h4,6-7,18-22,27H,1,5,8-17H2,2-3H3,(H,41,46)(H,38,39,40)/t27-/m1/s1. The van der Waals surface area contributed by atoms with Crippen LogP contribution in [0.5, 0.6) is 5.75 Å². The van der Waals surface area contributed by atoms with Crippen LogP contribution in [0.1, 0.15) is 37.8 Å². The van der Waals surface area contributed by atoms with Crippen molar-refractivity contribution >= 4 is 46.2 Å². The van der Waals surface area contributed by atoms with Gasteiger partial charge in [0, 0.05) is 69.4 Å². The number of nitrogens with one attached hydrogen (secondary N) is 2. The Morgan fingerprint density at radius 3 is 2.56 bits per heavy atom. The Kier molecular flexibility index (Phi) is 10.6. The third-order valence-electron chi connectivity index (χ3n) is 9.41.